The molecule has 0 amide bonds. The van der Waals surface area contributed by atoms with Gasteiger partial charge in [-0.15, -0.1) is 11.3 Å². The fraction of sp³-hybridized carbons (Fsp3) is 0.250. The molecule has 1 aromatic heterocycles. The van der Waals surface area contributed by atoms with Gasteiger partial charge in [-0.25, -0.2) is 17.8 Å². The van der Waals surface area contributed by atoms with E-state index in [2.05, 4.69) is 4.98 Å². The van der Waals surface area contributed by atoms with E-state index in [9.17, 15) is 12.8 Å². The highest BCUT2D eigenvalue weighted by Gasteiger charge is 2.19. The molecule has 0 atom stereocenters. The molecule has 0 spiro atoms. The van der Waals surface area contributed by atoms with Crippen LogP contribution >= 0.6 is 11.3 Å². The second-order valence-corrected chi connectivity index (χ2v) is 7.07. The van der Waals surface area contributed by atoms with E-state index in [1.165, 1.54) is 39.9 Å². The van der Waals surface area contributed by atoms with Crippen LogP contribution in [0.25, 0.3) is 0 Å². The van der Waals surface area contributed by atoms with Crippen LogP contribution in [-0.2, 0) is 16.6 Å². The third-order valence-electron chi connectivity index (χ3n) is 2.49. The van der Waals surface area contributed by atoms with Crippen molar-refractivity contribution in [2.45, 2.75) is 13.5 Å². The van der Waals surface area contributed by atoms with Crippen molar-refractivity contribution in [3.05, 3.63) is 46.2 Å². The standard InChI is InChI=1S/C12H13FN2O2S2/c1-9-14-11(8-18-9)7-15(19(2,16)17)12-5-3-10(13)4-6-12/h3-6,8H,7H2,1-2H3. The number of rotatable bonds is 4. The SMILES string of the molecule is Cc1nc(CN(c2ccc(F)cc2)S(C)(=O)=O)cs1. The maximum atomic E-state index is 12.9. The molecule has 1 aromatic carbocycles. The number of hydrogen-bond acceptors (Lipinski definition) is 4. The Morgan fingerprint density at radius 2 is 1.95 bits per heavy atom. The number of sulfonamides is 1. The first-order valence-electron chi connectivity index (χ1n) is 5.50. The molecule has 2 rings (SSSR count). The highest BCUT2D eigenvalue weighted by Crippen LogP contribution is 2.21. The lowest BCUT2D eigenvalue weighted by molar-refractivity contribution is 0.595. The summed E-state index contributed by atoms with van der Waals surface area (Å²) in [7, 11) is -3.44. The molecule has 2 aromatic rings. The first-order valence-corrected chi connectivity index (χ1v) is 8.23. The fourth-order valence-electron chi connectivity index (χ4n) is 1.64. The Bertz CT molecular complexity index is 665. The third-order valence-corrected chi connectivity index (χ3v) is 4.45. The molecule has 0 aliphatic heterocycles. The first-order chi connectivity index (χ1) is 8.86. The molecule has 0 unspecified atom stereocenters. The summed E-state index contributed by atoms with van der Waals surface area (Å²) in [4.78, 5) is 4.25. The van der Waals surface area contributed by atoms with Gasteiger partial charge in [-0.05, 0) is 31.2 Å². The molecule has 4 nitrogen and oxygen atoms in total. The van der Waals surface area contributed by atoms with E-state index in [0.717, 1.165) is 11.3 Å². The van der Waals surface area contributed by atoms with Crippen molar-refractivity contribution in [3.63, 3.8) is 0 Å². The van der Waals surface area contributed by atoms with E-state index in [-0.39, 0.29) is 6.54 Å². The average molecular weight is 300 g/mol. The summed E-state index contributed by atoms with van der Waals surface area (Å²) >= 11 is 1.46. The lowest BCUT2D eigenvalue weighted by Crippen LogP contribution is -2.29. The molecule has 102 valence electrons. The van der Waals surface area contributed by atoms with Crippen molar-refractivity contribution < 1.29 is 12.8 Å². The molecule has 0 aliphatic carbocycles. The van der Waals surface area contributed by atoms with Crippen LogP contribution in [0.3, 0.4) is 0 Å². The summed E-state index contributed by atoms with van der Waals surface area (Å²) in [5.74, 6) is -0.401. The zero-order valence-corrected chi connectivity index (χ0v) is 12.1. The van der Waals surface area contributed by atoms with Crippen molar-refractivity contribution in [2.24, 2.45) is 0 Å². The van der Waals surface area contributed by atoms with Crippen LogP contribution in [0, 0.1) is 12.7 Å². The number of anilines is 1. The molecular weight excluding hydrogens is 287 g/mol. The van der Waals surface area contributed by atoms with Gasteiger partial charge in [-0.1, -0.05) is 0 Å². The highest BCUT2D eigenvalue weighted by atomic mass is 32.2. The van der Waals surface area contributed by atoms with Gasteiger partial charge in [0.05, 0.1) is 29.2 Å². The van der Waals surface area contributed by atoms with E-state index < -0.39 is 15.8 Å². The van der Waals surface area contributed by atoms with E-state index in [1.54, 1.807) is 0 Å². The number of aromatic nitrogens is 1. The summed E-state index contributed by atoms with van der Waals surface area (Å²) in [6, 6.07) is 5.35. The fourth-order valence-corrected chi connectivity index (χ4v) is 3.11. The molecule has 0 N–H and O–H groups in total. The Balaban J connectivity index is 2.34. The van der Waals surface area contributed by atoms with Gasteiger partial charge in [0, 0.05) is 5.38 Å². The Kier molecular flexibility index (Phi) is 3.86. The molecule has 0 saturated carbocycles. The van der Waals surface area contributed by atoms with Crippen LogP contribution in [0.1, 0.15) is 10.7 Å². The van der Waals surface area contributed by atoms with Crippen molar-refractivity contribution in [3.8, 4) is 0 Å². The summed E-state index contributed by atoms with van der Waals surface area (Å²) in [6.07, 6.45) is 1.12. The van der Waals surface area contributed by atoms with Gasteiger partial charge in [0.1, 0.15) is 5.82 Å². The van der Waals surface area contributed by atoms with Crippen LogP contribution in [0.15, 0.2) is 29.6 Å². The van der Waals surface area contributed by atoms with Crippen LogP contribution in [0.5, 0.6) is 0 Å². The van der Waals surface area contributed by atoms with E-state index >= 15 is 0 Å². The molecule has 1 heterocycles. The topological polar surface area (TPSA) is 50.3 Å². The summed E-state index contributed by atoms with van der Waals surface area (Å²) in [5, 5.41) is 2.69. The molecule has 0 saturated heterocycles. The molecule has 0 bridgehead atoms. The average Bonchev–Trinajstić information content (AvgIpc) is 2.72. The number of nitrogens with zero attached hydrogens (tertiary/aromatic N) is 2. The minimum atomic E-state index is -3.44. The van der Waals surface area contributed by atoms with Crippen molar-refractivity contribution in [1.29, 1.82) is 0 Å². The second kappa shape index (κ2) is 5.26. The summed E-state index contributed by atoms with van der Waals surface area (Å²) < 4.78 is 37.8. The van der Waals surface area contributed by atoms with Crippen molar-refractivity contribution >= 4 is 27.0 Å². The Labute approximate surface area is 115 Å². The van der Waals surface area contributed by atoms with E-state index in [1.807, 2.05) is 12.3 Å². The molecule has 0 aliphatic rings. The predicted octanol–water partition coefficient (Wildman–Crippen LogP) is 2.56. The van der Waals surface area contributed by atoms with Crippen LogP contribution in [0.2, 0.25) is 0 Å². The maximum absolute atomic E-state index is 12.9. The zero-order valence-electron chi connectivity index (χ0n) is 10.5. The lowest BCUT2D eigenvalue weighted by Gasteiger charge is -2.21. The zero-order chi connectivity index (χ0) is 14.0. The lowest BCUT2D eigenvalue weighted by atomic mass is 10.3. The molecule has 0 fully saturated rings. The molecule has 19 heavy (non-hydrogen) atoms. The van der Waals surface area contributed by atoms with E-state index in [4.69, 9.17) is 0 Å². The number of halogens is 1. The summed E-state index contributed by atoms with van der Waals surface area (Å²) in [6.45, 7) is 2.01. The number of benzene rings is 1. The normalized spacial score (nSPS) is 11.5. The van der Waals surface area contributed by atoms with Gasteiger partial charge >= 0.3 is 0 Å². The third kappa shape index (κ3) is 3.51. The second-order valence-electron chi connectivity index (χ2n) is 4.10. The van der Waals surface area contributed by atoms with Gasteiger partial charge < -0.3 is 0 Å². The van der Waals surface area contributed by atoms with Gasteiger partial charge in [-0.2, -0.15) is 0 Å². The van der Waals surface area contributed by atoms with Gasteiger partial charge in [0.2, 0.25) is 10.0 Å². The number of hydrogen-bond donors (Lipinski definition) is 0. The van der Waals surface area contributed by atoms with Gasteiger partial charge in [0.15, 0.2) is 0 Å². The predicted molar refractivity (Wildman–Crippen MR) is 74.3 cm³/mol. The Morgan fingerprint density at radius 3 is 2.42 bits per heavy atom. The molecule has 7 heteroatoms. The van der Waals surface area contributed by atoms with Crippen LogP contribution in [-0.4, -0.2) is 19.7 Å². The van der Waals surface area contributed by atoms with Gasteiger partial charge in [0.25, 0.3) is 0 Å². The first kappa shape index (κ1) is 14.0. The monoisotopic (exact) mass is 300 g/mol. The van der Waals surface area contributed by atoms with Crippen molar-refractivity contribution in [1.82, 2.24) is 4.98 Å². The Hall–Kier alpha value is -1.47. The summed E-state index contributed by atoms with van der Waals surface area (Å²) in [5.41, 5.74) is 1.10. The Morgan fingerprint density at radius 1 is 1.32 bits per heavy atom. The van der Waals surface area contributed by atoms with Crippen LogP contribution in [0.4, 0.5) is 10.1 Å². The molecular formula is C12H13FN2O2S2. The molecule has 0 radical (unpaired) electrons. The van der Waals surface area contributed by atoms with Gasteiger partial charge in [-0.3, -0.25) is 4.31 Å². The van der Waals surface area contributed by atoms with Crippen molar-refractivity contribution in [2.75, 3.05) is 10.6 Å². The quantitative estimate of drug-likeness (QED) is 0.872. The minimum absolute atomic E-state index is 0.148. The maximum Gasteiger partial charge on any atom is 0.232 e. The van der Waals surface area contributed by atoms with Crippen LogP contribution < -0.4 is 4.31 Å². The number of aryl methyl sites for hydroxylation is 1. The largest absolute Gasteiger partial charge is 0.264 e. The highest BCUT2D eigenvalue weighted by molar-refractivity contribution is 7.92. The van der Waals surface area contributed by atoms with E-state index in [0.29, 0.717) is 11.4 Å². The number of thiazole rings is 1. The smallest absolute Gasteiger partial charge is 0.232 e. The minimum Gasteiger partial charge on any atom is -0.264 e.